The van der Waals surface area contributed by atoms with Crippen LogP contribution in [-0.2, 0) is 18.6 Å². The Hall–Kier alpha value is -2.95. The van der Waals surface area contributed by atoms with E-state index in [0.717, 1.165) is 6.07 Å². The number of carbonyl (C=O) groups excluding carboxylic acids is 1. The van der Waals surface area contributed by atoms with Crippen molar-refractivity contribution in [3.63, 3.8) is 0 Å². The highest BCUT2D eigenvalue weighted by molar-refractivity contribution is 6.30. The van der Waals surface area contributed by atoms with Gasteiger partial charge in [-0.25, -0.2) is 0 Å². The molecule has 0 atom stereocenters. The van der Waals surface area contributed by atoms with Gasteiger partial charge in [0.05, 0.1) is 0 Å². The Morgan fingerprint density at radius 2 is 1.69 bits per heavy atom. The maximum Gasteiger partial charge on any atom is 0.431 e. The van der Waals surface area contributed by atoms with Crippen LogP contribution in [0.15, 0.2) is 34.9 Å². The fourth-order valence-electron chi connectivity index (χ4n) is 3.62. The molecule has 0 aliphatic rings. The van der Waals surface area contributed by atoms with Gasteiger partial charge >= 0.3 is 12.1 Å². The minimum absolute atomic E-state index is 0.000288. The van der Waals surface area contributed by atoms with E-state index in [2.05, 4.69) is 10.1 Å². The first-order valence-electron chi connectivity index (χ1n) is 10.5. The van der Waals surface area contributed by atoms with E-state index >= 15 is 0 Å². The summed E-state index contributed by atoms with van der Waals surface area (Å²) < 4.78 is 74.9. The van der Waals surface area contributed by atoms with Gasteiger partial charge in [0.1, 0.15) is 17.9 Å². The third kappa shape index (κ3) is 6.19. The van der Waals surface area contributed by atoms with Crippen molar-refractivity contribution in [1.29, 1.82) is 0 Å². The monoisotopic (exact) mass is 518 g/mol. The summed E-state index contributed by atoms with van der Waals surface area (Å²) >= 11 is 5.93. The zero-order valence-electron chi connectivity index (χ0n) is 19.7. The first kappa shape index (κ1) is 26.7. The molecule has 0 aliphatic carbocycles. The van der Waals surface area contributed by atoms with Crippen LogP contribution in [-0.4, -0.2) is 39.1 Å². The summed E-state index contributed by atoms with van der Waals surface area (Å²) in [7, 11) is 1.48. The van der Waals surface area contributed by atoms with Crippen molar-refractivity contribution < 1.29 is 31.3 Å². The van der Waals surface area contributed by atoms with Crippen LogP contribution in [0.25, 0.3) is 11.1 Å². The van der Waals surface area contributed by atoms with Gasteiger partial charge in [-0.3, -0.25) is 4.79 Å². The summed E-state index contributed by atoms with van der Waals surface area (Å²) in [6, 6.07) is 6.80. The first-order chi connectivity index (χ1) is 16.0. The molecule has 190 valence electrons. The molecule has 0 saturated carbocycles. The fraction of sp³-hybridized carbons (Fsp3) is 0.435. The second-order valence-corrected chi connectivity index (χ2v) is 9.94. The smallest absolute Gasteiger partial charge is 0.340 e. The van der Waals surface area contributed by atoms with E-state index < -0.39 is 42.0 Å². The molecule has 3 aromatic rings. The fourth-order valence-corrected chi connectivity index (χ4v) is 3.75. The first-order valence-corrected chi connectivity index (χ1v) is 10.9. The molecule has 2 aromatic heterocycles. The standard InChI is InChI=1S/C23H24ClF5N4O2/c1-21(2,3)12-32(5)19(34)18-15(13-6-8-14(24)9-7-13)10-16(23(27,28)29)33(18)11-17-30-20(31-35-17)22(4,25)26/h6-10H,11-12H2,1-5H3. The lowest BCUT2D eigenvalue weighted by Gasteiger charge is -2.27. The number of hydrogen-bond acceptors (Lipinski definition) is 4. The van der Waals surface area contributed by atoms with Gasteiger partial charge in [0.15, 0.2) is 0 Å². The van der Waals surface area contributed by atoms with Gasteiger partial charge in [-0.05, 0) is 29.2 Å². The number of alkyl halides is 5. The number of aromatic nitrogens is 3. The molecule has 0 N–H and O–H groups in total. The molecule has 0 spiro atoms. The lowest BCUT2D eigenvalue weighted by atomic mass is 9.96. The topological polar surface area (TPSA) is 64.2 Å². The lowest BCUT2D eigenvalue weighted by molar-refractivity contribution is -0.143. The van der Waals surface area contributed by atoms with Crippen molar-refractivity contribution in [3.05, 3.63) is 58.5 Å². The Morgan fingerprint density at radius 1 is 1.09 bits per heavy atom. The highest BCUT2D eigenvalue weighted by atomic mass is 35.5. The SMILES string of the molecule is CN(CC(C)(C)C)C(=O)c1c(-c2ccc(Cl)cc2)cc(C(F)(F)F)n1Cc1nc(C(C)(F)F)no1. The van der Waals surface area contributed by atoms with Crippen molar-refractivity contribution in [2.24, 2.45) is 5.41 Å². The molecule has 6 nitrogen and oxygen atoms in total. The molecule has 35 heavy (non-hydrogen) atoms. The summed E-state index contributed by atoms with van der Waals surface area (Å²) in [4.78, 5) is 18.4. The van der Waals surface area contributed by atoms with E-state index in [1.54, 1.807) is 0 Å². The molecule has 12 heteroatoms. The van der Waals surface area contributed by atoms with Crippen LogP contribution in [0.2, 0.25) is 5.02 Å². The number of rotatable bonds is 6. The van der Waals surface area contributed by atoms with E-state index in [-0.39, 0.29) is 23.2 Å². The largest absolute Gasteiger partial charge is 0.431 e. The Labute approximate surface area is 203 Å². The Bertz CT molecular complexity index is 1200. The molecule has 0 unspecified atom stereocenters. The zero-order valence-corrected chi connectivity index (χ0v) is 20.4. The number of carbonyl (C=O) groups is 1. The second-order valence-electron chi connectivity index (χ2n) is 9.50. The van der Waals surface area contributed by atoms with E-state index in [1.165, 1.54) is 36.2 Å². The summed E-state index contributed by atoms with van der Waals surface area (Å²) in [5.41, 5.74) is -1.49. The van der Waals surface area contributed by atoms with Crippen LogP contribution in [0, 0.1) is 5.41 Å². The van der Waals surface area contributed by atoms with Crippen LogP contribution in [0.3, 0.4) is 0 Å². The molecular weight excluding hydrogens is 495 g/mol. The number of halogens is 6. The van der Waals surface area contributed by atoms with Gasteiger partial charge in [0.2, 0.25) is 11.7 Å². The Balaban J connectivity index is 2.23. The summed E-state index contributed by atoms with van der Waals surface area (Å²) in [5, 5.41) is 3.53. The summed E-state index contributed by atoms with van der Waals surface area (Å²) in [5.74, 6) is -5.62. The molecule has 0 bridgehead atoms. The van der Waals surface area contributed by atoms with E-state index in [4.69, 9.17) is 16.1 Å². The van der Waals surface area contributed by atoms with Gasteiger partial charge in [-0.1, -0.05) is 49.7 Å². The minimum atomic E-state index is -4.88. The number of nitrogens with zero attached hydrogens (tertiary/aromatic N) is 4. The maximum absolute atomic E-state index is 14.1. The van der Waals surface area contributed by atoms with Crippen molar-refractivity contribution in [3.8, 4) is 11.1 Å². The van der Waals surface area contributed by atoms with Gasteiger partial charge < -0.3 is 14.0 Å². The highest BCUT2D eigenvalue weighted by Gasteiger charge is 2.40. The molecule has 1 aromatic carbocycles. The zero-order chi connectivity index (χ0) is 26.3. The van der Waals surface area contributed by atoms with Gasteiger partial charge in [0.25, 0.3) is 5.91 Å². The minimum Gasteiger partial charge on any atom is -0.340 e. The Kier molecular flexibility index (Phi) is 7.05. The molecule has 0 fully saturated rings. The average Bonchev–Trinajstić information content (AvgIpc) is 3.32. The van der Waals surface area contributed by atoms with Crippen LogP contribution < -0.4 is 0 Å². The second kappa shape index (κ2) is 9.25. The van der Waals surface area contributed by atoms with Crippen LogP contribution >= 0.6 is 11.6 Å². The normalized spacial score (nSPS) is 12.8. The van der Waals surface area contributed by atoms with E-state index in [0.29, 0.717) is 22.1 Å². The van der Waals surface area contributed by atoms with Crippen LogP contribution in [0.1, 0.15) is 55.6 Å². The van der Waals surface area contributed by atoms with E-state index in [9.17, 15) is 26.7 Å². The quantitative estimate of drug-likeness (QED) is 0.350. The molecule has 3 rings (SSSR count). The van der Waals surface area contributed by atoms with Crippen LogP contribution in [0.5, 0.6) is 0 Å². The molecule has 1 amide bonds. The molecule has 2 heterocycles. The van der Waals surface area contributed by atoms with Gasteiger partial charge in [0, 0.05) is 31.1 Å². The molecular formula is C23H24ClF5N4O2. The number of benzene rings is 1. The predicted octanol–water partition coefficient (Wildman–Crippen LogP) is 6.49. The molecule has 0 radical (unpaired) electrons. The highest BCUT2D eigenvalue weighted by Crippen LogP contribution is 2.38. The maximum atomic E-state index is 14.1. The third-order valence-electron chi connectivity index (χ3n) is 4.96. The summed E-state index contributed by atoms with van der Waals surface area (Å²) in [6.07, 6.45) is -4.88. The van der Waals surface area contributed by atoms with Crippen molar-refractivity contribution >= 4 is 17.5 Å². The molecule has 0 saturated heterocycles. The van der Waals surface area contributed by atoms with Crippen molar-refractivity contribution in [2.45, 2.75) is 46.3 Å². The summed E-state index contributed by atoms with van der Waals surface area (Å²) in [6.45, 7) is 5.67. The van der Waals surface area contributed by atoms with E-state index in [1.807, 2.05) is 20.8 Å². The number of hydrogen-bond donors (Lipinski definition) is 0. The molecule has 0 aliphatic heterocycles. The average molecular weight is 519 g/mol. The number of amides is 1. The third-order valence-corrected chi connectivity index (χ3v) is 5.21. The Morgan fingerprint density at radius 3 is 2.17 bits per heavy atom. The van der Waals surface area contributed by atoms with Gasteiger partial charge in [-0.15, -0.1) is 0 Å². The van der Waals surface area contributed by atoms with Crippen molar-refractivity contribution in [1.82, 2.24) is 19.6 Å². The van der Waals surface area contributed by atoms with Crippen molar-refractivity contribution in [2.75, 3.05) is 13.6 Å². The van der Waals surface area contributed by atoms with Crippen LogP contribution in [0.4, 0.5) is 22.0 Å². The predicted molar refractivity (Wildman–Crippen MR) is 119 cm³/mol. The lowest BCUT2D eigenvalue weighted by Crippen LogP contribution is -2.36. The van der Waals surface area contributed by atoms with Gasteiger partial charge in [-0.2, -0.15) is 26.9 Å².